The van der Waals surface area contributed by atoms with Crippen LogP contribution in [0.1, 0.15) is 51.2 Å². The maximum absolute atomic E-state index is 12.5. The van der Waals surface area contributed by atoms with Crippen molar-refractivity contribution >= 4 is 39.1 Å². The first-order chi connectivity index (χ1) is 17.2. The fourth-order valence-electron chi connectivity index (χ4n) is 4.29. The molecule has 4 rings (SSSR count). The number of alkyl halides is 1. The number of benzene rings is 2. The van der Waals surface area contributed by atoms with Gasteiger partial charge in [-0.3, -0.25) is 14.1 Å². The summed E-state index contributed by atoms with van der Waals surface area (Å²) in [6.07, 6.45) is 2.31. The molecule has 0 spiro atoms. The largest absolute Gasteiger partial charge is 0.492 e. The van der Waals surface area contributed by atoms with Crippen molar-refractivity contribution in [2.45, 2.75) is 46.1 Å². The molecular formula is C28H32BrClFNO4. The molecule has 0 aromatic heterocycles. The Kier molecular flexibility index (Phi) is 8.63. The average Bonchev–Trinajstić information content (AvgIpc) is 3.21. The van der Waals surface area contributed by atoms with Crippen molar-refractivity contribution in [2.24, 2.45) is 5.41 Å². The zero-order chi connectivity index (χ0) is 25.9. The number of carbonyl (C=O) groups is 1. The monoisotopic (exact) mass is 579 g/mol. The molecule has 36 heavy (non-hydrogen) atoms. The molecule has 0 N–H and O–H groups in total. The summed E-state index contributed by atoms with van der Waals surface area (Å²) in [7, 11) is 0. The summed E-state index contributed by atoms with van der Waals surface area (Å²) in [5, 5.41) is 0.341. The Labute approximate surface area is 225 Å². The van der Waals surface area contributed by atoms with Gasteiger partial charge in [0, 0.05) is 47.7 Å². The number of halogens is 3. The van der Waals surface area contributed by atoms with E-state index in [4.69, 9.17) is 25.8 Å². The van der Waals surface area contributed by atoms with Crippen LogP contribution in [0.2, 0.25) is 5.02 Å². The number of rotatable bonds is 7. The van der Waals surface area contributed by atoms with E-state index in [1.54, 1.807) is 32.9 Å². The van der Waals surface area contributed by atoms with Crippen LogP contribution in [0.4, 0.5) is 4.39 Å². The Morgan fingerprint density at radius 3 is 2.69 bits per heavy atom. The average molecular weight is 581 g/mol. The van der Waals surface area contributed by atoms with E-state index < -0.39 is 5.41 Å². The van der Waals surface area contributed by atoms with Crippen molar-refractivity contribution in [2.75, 3.05) is 32.9 Å². The summed E-state index contributed by atoms with van der Waals surface area (Å²) in [4.78, 5) is 14.7. The van der Waals surface area contributed by atoms with Gasteiger partial charge in [-0.15, -0.1) is 0 Å². The smallest absolute Gasteiger partial charge is 0.316 e. The third kappa shape index (κ3) is 6.42. The zero-order valence-electron chi connectivity index (χ0n) is 20.9. The first-order valence-corrected chi connectivity index (χ1v) is 13.5. The molecule has 0 saturated carbocycles. The van der Waals surface area contributed by atoms with E-state index in [-0.39, 0.29) is 24.5 Å². The summed E-state index contributed by atoms with van der Waals surface area (Å²) in [5.74, 6) is 1.34. The van der Waals surface area contributed by atoms with Crippen LogP contribution in [0.5, 0.6) is 17.2 Å². The third-order valence-corrected chi connectivity index (χ3v) is 7.34. The fraction of sp³-hybridized carbons (Fsp3) is 0.464. The highest BCUT2D eigenvalue weighted by molar-refractivity contribution is 9.11. The van der Waals surface area contributed by atoms with Gasteiger partial charge in [0.25, 0.3) is 0 Å². The van der Waals surface area contributed by atoms with Gasteiger partial charge in [-0.1, -0.05) is 39.7 Å². The second-order valence-electron chi connectivity index (χ2n) is 10.2. The van der Waals surface area contributed by atoms with Crippen molar-refractivity contribution in [3.05, 3.63) is 57.0 Å². The van der Waals surface area contributed by atoms with Gasteiger partial charge in [0.15, 0.2) is 5.75 Å². The first-order valence-electron chi connectivity index (χ1n) is 12.3. The van der Waals surface area contributed by atoms with E-state index in [9.17, 15) is 9.18 Å². The summed E-state index contributed by atoms with van der Waals surface area (Å²) in [5.41, 5.74) is 2.14. The van der Waals surface area contributed by atoms with E-state index in [0.717, 1.165) is 53.0 Å². The van der Waals surface area contributed by atoms with Gasteiger partial charge < -0.3 is 14.2 Å². The second-order valence-corrected chi connectivity index (χ2v) is 11.6. The minimum absolute atomic E-state index is 0.112. The number of carbonyl (C=O) groups excluding carboxylic acids is 1. The lowest BCUT2D eigenvalue weighted by molar-refractivity contribution is -0.142. The molecule has 0 aliphatic carbocycles. The van der Waals surface area contributed by atoms with E-state index in [1.807, 2.05) is 24.3 Å². The predicted octanol–water partition coefficient (Wildman–Crippen LogP) is 7.04. The standard InChI is InChI=1S/C28H32BrClFNO4/c1-28(2,3)27(33)36-25-16-24-21(15-23(25)30)26(22(29)10-14-34-24)18-5-7-19(8-6-18)35-20-9-13-32(17-20)12-4-11-31/h5-8,15-16,20H,4,9-14,17H2,1-3H3/t20-/m0/s1. The topological polar surface area (TPSA) is 48.0 Å². The van der Waals surface area contributed by atoms with Crippen LogP contribution in [0.25, 0.3) is 5.57 Å². The molecule has 2 aromatic carbocycles. The van der Waals surface area contributed by atoms with E-state index >= 15 is 0 Å². The lowest BCUT2D eigenvalue weighted by Gasteiger charge is -2.19. The van der Waals surface area contributed by atoms with Crippen LogP contribution in [0.3, 0.4) is 0 Å². The molecular weight excluding hydrogens is 549 g/mol. The van der Waals surface area contributed by atoms with Gasteiger partial charge in [0.05, 0.1) is 23.7 Å². The minimum Gasteiger partial charge on any atom is -0.492 e. The molecule has 1 saturated heterocycles. The highest BCUT2D eigenvalue weighted by Gasteiger charge is 2.27. The number of likely N-dealkylation sites (tertiary alicyclic amines) is 1. The molecule has 0 radical (unpaired) electrons. The molecule has 1 atom stereocenters. The molecule has 1 fully saturated rings. The van der Waals surface area contributed by atoms with E-state index in [0.29, 0.717) is 30.2 Å². The number of esters is 1. The van der Waals surface area contributed by atoms with Crippen molar-refractivity contribution < 1.29 is 23.4 Å². The lowest BCUT2D eigenvalue weighted by atomic mass is 9.96. The summed E-state index contributed by atoms with van der Waals surface area (Å²) in [6, 6.07) is 11.5. The summed E-state index contributed by atoms with van der Waals surface area (Å²) >= 11 is 10.3. The SMILES string of the molecule is CC(C)(C)C(=O)Oc1cc2c(cc1Cl)C(c1ccc(O[C@H]3CCN(CCCF)C3)cc1)=C(Br)CCO2. The Morgan fingerprint density at radius 1 is 1.25 bits per heavy atom. The van der Waals surface area contributed by atoms with Crippen molar-refractivity contribution in [1.82, 2.24) is 4.90 Å². The van der Waals surface area contributed by atoms with Gasteiger partial charge in [0.2, 0.25) is 0 Å². The van der Waals surface area contributed by atoms with Crippen molar-refractivity contribution in [3.63, 3.8) is 0 Å². The first kappa shape index (κ1) is 27.0. The predicted molar refractivity (Wildman–Crippen MR) is 144 cm³/mol. The van der Waals surface area contributed by atoms with Crippen LogP contribution in [0.15, 0.2) is 40.9 Å². The normalized spacial score (nSPS) is 18.4. The molecule has 2 aromatic rings. The van der Waals surface area contributed by atoms with Crippen LogP contribution < -0.4 is 14.2 Å². The molecule has 2 aliphatic heterocycles. The van der Waals surface area contributed by atoms with Crippen LogP contribution >= 0.6 is 27.5 Å². The molecule has 5 nitrogen and oxygen atoms in total. The molecule has 8 heteroatoms. The Hall–Kier alpha value is -2.09. The van der Waals surface area contributed by atoms with E-state index in [1.165, 1.54) is 0 Å². The Bertz CT molecular complexity index is 1130. The van der Waals surface area contributed by atoms with Crippen molar-refractivity contribution in [3.8, 4) is 17.2 Å². The highest BCUT2D eigenvalue weighted by Crippen LogP contribution is 2.44. The van der Waals surface area contributed by atoms with Crippen LogP contribution in [-0.2, 0) is 4.79 Å². The molecule has 194 valence electrons. The minimum atomic E-state index is -0.653. The Morgan fingerprint density at radius 2 is 2.00 bits per heavy atom. The summed E-state index contributed by atoms with van der Waals surface area (Å²) < 4.78 is 31.2. The number of hydrogen-bond acceptors (Lipinski definition) is 5. The summed E-state index contributed by atoms with van der Waals surface area (Å²) in [6.45, 7) is 8.12. The van der Waals surface area contributed by atoms with Gasteiger partial charge >= 0.3 is 5.97 Å². The third-order valence-electron chi connectivity index (χ3n) is 6.25. The van der Waals surface area contributed by atoms with Gasteiger partial charge in [-0.25, -0.2) is 0 Å². The number of hydrogen-bond donors (Lipinski definition) is 0. The second kappa shape index (κ2) is 11.5. The van der Waals surface area contributed by atoms with Crippen LogP contribution in [0, 0.1) is 5.41 Å². The number of ether oxygens (including phenoxy) is 3. The molecule has 0 amide bonds. The number of nitrogens with zero attached hydrogens (tertiary/aromatic N) is 1. The van der Waals surface area contributed by atoms with Gasteiger partial charge in [-0.2, -0.15) is 0 Å². The van der Waals surface area contributed by atoms with Crippen LogP contribution in [-0.4, -0.2) is 49.9 Å². The van der Waals surface area contributed by atoms with Gasteiger partial charge in [-0.05, 0) is 57.4 Å². The quantitative estimate of drug-likeness (QED) is 0.260. The van der Waals surface area contributed by atoms with Crippen molar-refractivity contribution in [1.29, 1.82) is 0 Å². The van der Waals surface area contributed by atoms with E-state index in [2.05, 4.69) is 20.8 Å². The fourth-order valence-corrected chi connectivity index (χ4v) is 5.09. The Balaban J connectivity index is 1.54. The number of fused-ring (bicyclic) bond motifs is 1. The molecule has 2 heterocycles. The molecule has 2 aliphatic rings. The maximum atomic E-state index is 12.5. The zero-order valence-corrected chi connectivity index (χ0v) is 23.3. The van der Waals surface area contributed by atoms with Gasteiger partial charge in [0.1, 0.15) is 17.6 Å². The highest BCUT2D eigenvalue weighted by atomic mass is 79.9. The lowest BCUT2D eigenvalue weighted by Crippen LogP contribution is -2.26. The maximum Gasteiger partial charge on any atom is 0.316 e. The molecule has 0 unspecified atom stereocenters. The molecule has 0 bridgehead atoms.